The van der Waals surface area contributed by atoms with Crippen molar-refractivity contribution in [3.63, 3.8) is 0 Å². The molecule has 18 heavy (non-hydrogen) atoms. The zero-order chi connectivity index (χ0) is 13.3. The molecule has 0 fully saturated rings. The molecule has 96 valence electrons. The molecule has 2 rings (SSSR count). The molecule has 1 N–H and O–H groups in total. The maximum absolute atomic E-state index is 12.1. The minimum Gasteiger partial charge on any atom is -0.482 e. The van der Waals surface area contributed by atoms with Crippen molar-refractivity contribution in [2.45, 2.75) is 19.9 Å². The van der Waals surface area contributed by atoms with Gasteiger partial charge in [0.1, 0.15) is 5.75 Å². The van der Waals surface area contributed by atoms with E-state index in [0.29, 0.717) is 17.0 Å². The molecular weight excluding hydrogens is 232 g/mol. The number of carbonyl (C=O) groups is 2. The van der Waals surface area contributed by atoms with Gasteiger partial charge in [-0.25, -0.2) is 0 Å². The van der Waals surface area contributed by atoms with Crippen LogP contribution in [-0.2, 0) is 4.79 Å². The molecule has 0 unspecified atom stereocenters. The van der Waals surface area contributed by atoms with Gasteiger partial charge in [-0.15, -0.1) is 0 Å². The van der Waals surface area contributed by atoms with Gasteiger partial charge in [0.15, 0.2) is 6.61 Å². The highest BCUT2D eigenvalue weighted by Gasteiger charge is 2.20. The minimum atomic E-state index is -0.180. The van der Waals surface area contributed by atoms with Crippen LogP contribution in [0.5, 0.6) is 5.75 Å². The van der Waals surface area contributed by atoms with Crippen LogP contribution in [0.15, 0.2) is 18.2 Å². The van der Waals surface area contributed by atoms with Crippen LogP contribution >= 0.6 is 0 Å². The molecule has 5 nitrogen and oxygen atoms in total. The molecule has 0 aromatic heterocycles. The fourth-order valence-corrected chi connectivity index (χ4v) is 1.65. The minimum absolute atomic E-state index is 0.00926. The van der Waals surface area contributed by atoms with E-state index in [-0.39, 0.29) is 24.5 Å². The molecule has 1 aliphatic heterocycles. The van der Waals surface area contributed by atoms with Gasteiger partial charge in [0.2, 0.25) is 0 Å². The Balaban J connectivity index is 2.26. The zero-order valence-corrected chi connectivity index (χ0v) is 10.7. The van der Waals surface area contributed by atoms with Crippen molar-refractivity contribution < 1.29 is 14.3 Å². The number of nitrogens with zero attached hydrogens (tertiary/aromatic N) is 1. The van der Waals surface area contributed by atoms with Crippen molar-refractivity contribution >= 4 is 17.5 Å². The van der Waals surface area contributed by atoms with E-state index < -0.39 is 0 Å². The molecule has 0 atom stereocenters. The second kappa shape index (κ2) is 4.68. The fraction of sp³-hybridized carbons (Fsp3) is 0.385. The fourth-order valence-electron chi connectivity index (χ4n) is 1.65. The summed E-state index contributed by atoms with van der Waals surface area (Å²) in [5, 5.41) is 2.69. The monoisotopic (exact) mass is 248 g/mol. The van der Waals surface area contributed by atoms with Crippen LogP contribution in [0.2, 0.25) is 0 Å². The van der Waals surface area contributed by atoms with Gasteiger partial charge in [-0.1, -0.05) is 0 Å². The Morgan fingerprint density at radius 3 is 2.83 bits per heavy atom. The number of amides is 2. The van der Waals surface area contributed by atoms with Crippen molar-refractivity contribution in [3.05, 3.63) is 23.8 Å². The molecule has 0 aliphatic carbocycles. The van der Waals surface area contributed by atoms with Crippen LogP contribution in [0.25, 0.3) is 0 Å². The van der Waals surface area contributed by atoms with Crippen molar-refractivity contribution in [1.82, 2.24) is 4.90 Å². The van der Waals surface area contributed by atoms with Gasteiger partial charge in [-0.05, 0) is 32.0 Å². The summed E-state index contributed by atoms with van der Waals surface area (Å²) in [7, 11) is 1.76. The molecule has 1 aliphatic rings. The number of rotatable bonds is 2. The molecule has 1 heterocycles. The van der Waals surface area contributed by atoms with Crippen LogP contribution in [0.3, 0.4) is 0 Å². The van der Waals surface area contributed by atoms with Crippen LogP contribution < -0.4 is 10.1 Å². The quantitative estimate of drug-likeness (QED) is 0.862. The topological polar surface area (TPSA) is 58.6 Å². The van der Waals surface area contributed by atoms with Gasteiger partial charge < -0.3 is 15.0 Å². The Morgan fingerprint density at radius 2 is 2.17 bits per heavy atom. The summed E-state index contributed by atoms with van der Waals surface area (Å²) >= 11 is 0. The largest absolute Gasteiger partial charge is 0.482 e. The van der Waals surface area contributed by atoms with E-state index in [9.17, 15) is 9.59 Å². The highest BCUT2D eigenvalue weighted by atomic mass is 16.5. The van der Waals surface area contributed by atoms with E-state index >= 15 is 0 Å². The summed E-state index contributed by atoms with van der Waals surface area (Å²) in [5.74, 6) is 0.298. The summed E-state index contributed by atoms with van der Waals surface area (Å²) in [5.41, 5.74) is 1.16. The predicted octanol–water partition coefficient (Wildman–Crippen LogP) is 1.50. The molecule has 5 heteroatoms. The molecule has 0 spiro atoms. The maximum Gasteiger partial charge on any atom is 0.262 e. The predicted molar refractivity (Wildman–Crippen MR) is 67.8 cm³/mol. The van der Waals surface area contributed by atoms with Crippen LogP contribution in [0.1, 0.15) is 24.2 Å². The van der Waals surface area contributed by atoms with E-state index in [1.54, 1.807) is 30.1 Å². The number of anilines is 1. The molecular formula is C13H16N2O3. The Bertz CT molecular complexity index is 497. The Morgan fingerprint density at radius 1 is 1.44 bits per heavy atom. The Labute approximate surface area is 106 Å². The number of ether oxygens (including phenoxy) is 1. The maximum atomic E-state index is 12.1. The number of nitrogens with one attached hydrogen (secondary N) is 1. The highest BCUT2D eigenvalue weighted by Crippen LogP contribution is 2.28. The van der Waals surface area contributed by atoms with Crippen LogP contribution in [0, 0.1) is 0 Å². The molecule has 1 aromatic rings. The number of hydrogen-bond acceptors (Lipinski definition) is 3. The number of carbonyl (C=O) groups excluding carboxylic acids is 2. The van der Waals surface area contributed by atoms with Gasteiger partial charge in [0, 0.05) is 18.7 Å². The van der Waals surface area contributed by atoms with Crippen LogP contribution in [-0.4, -0.2) is 36.4 Å². The molecule has 2 amide bonds. The first-order chi connectivity index (χ1) is 8.49. The van der Waals surface area contributed by atoms with Gasteiger partial charge in [-0.3, -0.25) is 9.59 Å². The molecule has 0 radical (unpaired) electrons. The Kier molecular flexibility index (Phi) is 3.23. The van der Waals surface area contributed by atoms with Gasteiger partial charge >= 0.3 is 0 Å². The van der Waals surface area contributed by atoms with Crippen molar-refractivity contribution in [2.24, 2.45) is 0 Å². The lowest BCUT2D eigenvalue weighted by Crippen LogP contribution is -2.33. The van der Waals surface area contributed by atoms with E-state index in [2.05, 4.69) is 5.32 Å². The first-order valence-corrected chi connectivity index (χ1v) is 5.83. The van der Waals surface area contributed by atoms with E-state index in [1.165, 1.54) is 0 Å². The van der Waals surface area contributed by atoms with E-state index in [4.69, 9.17) is 4.74 Å². The van der Waals surface area contributed by atoms with Crippen molar-refractivity contribution in [3.8, 4) is 5.75 Å². The summed E-state index contributed by atoms with van der Waals surface area (Å²) < 4.78 is 5.28. The lowest BCUT2D eigenvalue weighted by molar-refractivity contribution is -0.118. The van der Waals surface area contributed by atoms with Gasteiger partial charge in [0.05, 0.1) is 5.69 Å². The third kappa shape index (κ3) is 2.30. The third-order valence-electron chi connectivity index (χ3n) is 2.96. The molecule has 0 saturated carbocycles. The summed E-state index contributed by atoms with van der Waals surface area (Å²) in [6, 6.07) is 5.17. The smallest absolute Gasteiger partial charge is 0.262 e. The summed E-state index contributed by atoms with van der Waals surface area (Å²) in [6.07, 6.45) is 0. The van der Waals surface area contributed by atoms with E-state index in [1.807, 2.05) is 13.8 Å². The zero-order valence-electron chi connectivity index (χ0n) is 10.7. The number of benzene rings is 1. The molecule has 0 bridgehead atoms. The van der Waals surface area contributed by atoms with Gasteiger partial charge in [0.25, 0.3) is 11.8 Å². The summed E-state index contributed by atoms with van der Waals surface area (Å²) in [6.45, 7) is 3.89. The Hall–Kier alpha value is -2.04. The standard InChI is InChI=1S/C13H16N2O3/c1-8(2)15(3)13(17)9-4-5-10-11(6-9)18-7-12(16)14-10/h4-6,8H,7H2,1-3H3,(H,14,16). The highest BCUT2D eigenvalue weighted by molar-refractivity contribution is 5.99. The molecule has 1 aromatic carbocycles. The first kappa shape index (κ1) is 12.4. The number of hydrogen-bond donors (Lipinski definition) is 1. The van der Waals surface area contributed by atoms with E-state index in [0.717, 1.165) is 0 Å². The summed E-state index contributed by atoms with van der Waals surface area (Å²) in [4.78, 5) is 24.9. The average molecular weight is 248 g/mol. The van der Waals surface area contributed by atoms with Crippen molar-refractivity contribution in [1.29, 1.82) is 0 Å². The normalized spacial score (nSPS) is 13.7. The third-order valence-corrected chi connectivity index (χ3v) is 2.96. The SMILES string of the molecule is CC(C)N(C)C(=O)c1ccc2c(c1)OCC(=O)N2. The van der Waals surface area contributed by atoms with Crippen LogP contribution in [0.4, 0.5) is 5.69 Å². The first-order valence-electron chi connectivity index (χ1n) is 5.83. The molecule has 0 saturated heterocycles. The van der Waals surface area contributed by atoms with Gasteiger partial charge in [-0.2, -0.15) is 0 Å². The lowest BCUT2D eigenvalue weighted by Gasteiger charge is -2.23. The van der Waals surface area contributed by atoms with Crippen molar-refractivity contribution in [2.75, 3.05) is 19.0 Å². The average Bonchev–Trinajstić information content (AvgIpc) is 2.36. The lowest BCUT2D eigenvalue weighted by atomic mass is 10.1. The number of fused-ring (bicyclic) bond motifs is 1. The second-order valence-corrected chi connectivity index (χ2v) is 4.56. The second-order valence-electron chi connectivity index (χ2n) is 4.56.